The highest BCUT2D eigenvalue weighted by Gasteiger charge is 2.50. The standard InChI is InChI=1S/C19H26O2/c1-11-3-4-17(21-2)16(5-11)19(20)18-14-7-12-6-13(9-14)10-15(18)8-12/h3-5,12-15,18-20H,6-10H2,1-2H3. The predicted octanol–water partition coefficient (Wildman–Crippen LogP) is 4.11. The summed E-state index contributed by atoms with van der Waals surface area (Å²) in [5.74, 6) is 4.68. The van der Waals surface area contributed by atoms with Gasteiger partial charge in [-0.15, -0.1) is 0 Å². The first-order valence-corrected chi connectivity index (χ1v) is 8.48. The number of hydrogen-bond acceptors (Lipinski definition) is 2. The number of ether oxygens (including phenoxy) is 1. The fraction of sp³-hybridized carbons (Fsp3) is 0.684. The third-order valence-electron chi connectivity index (χ3n) is 6.37. The van der Waals surface area contributed by atoms with E-state index in [0.717, 1.165) is 35.0 Å². The van der Waals surface area contributed by atoms with E-state index < -0.39 is 0 Å². The number of benzene rings is 1. The minimum Gasteiger partial charge on any atom is -0.496 e. The van der Waals surface area contributed by atoms with E-state index in [0.29, 0.717) is 5.92 Å². The normalized spacial score (nSPS) is 38.5. The molecule has 0 amide bonds. The van der Waals surface area contributed by atoms with Crippen LogP contribution in [0.4, 0.5) is 0 Å². The van der Waals surface area contributed by atoms with Crippen molar-refractivity contribution in [3.63, 3.8) is 0 Å². The third-order valence-corrected chi connectivity index (χ3v) is 6.37. The van der Waals surface area contributed by atoms with Gasteiger partial charge in [0.25, 0.3) is 0 Å². The van der Waals surface area contributed by atoms with Gasteiger partial charge in [0.05, 0.1) is 13.2 Å². The fourth-order valence-corrected chi connectivity index (χ4v) is 5.78. The van der Waals surface area contributed by atoms with Gasteiger partial charge in [0.15, 0.2) is 0 Å². The molecular weight excluding hydrogens is 260 g/mol. The Labute approximate surface area is 127 Å². The maximum absolute atomic E-state index is 11.1. The molecule has 0 spiro atoms. The fourth-order valence-electron chi connectivity index (χ4n) is 5.78. The highest BCUT2D eigenvalue weighted by atomic mass is 16.5. The van der Waals surface area contributed by atoms with Crippen molar-refractivity contribution in [2.75, 3.05) is 7.11 Å². The molecule has 0 aliphatic heterocycles. The average Bonchev–Trinajstić information content (AvgIpc) is 2.46. The molecule has 1 atom stereocenters. The Kier molecular flexibility index (Phi) is 3.25. The third kappa shape index (κ3) is 2.19. The van der Waals surface area contributed by atoms with Gasteiger partial charge in [-0.1, -0.05) is 11.6 Å². The van der Waals surface area contributed by atoms with Crippen molar-refractivity contribution < 1.29 is 9.84 Å². The van der Waals surface area contributed by atoms with E-state index in [1.165, 1.54) is 37.7 Å². The van der Waals surface area contributed by atoms with Gasteiger partial charge >= 0.3 is 0 Å². The Morgan fingerprint density at radius 2 is 1.67 bits per heavy atom. The van der Waals surface area contributed by atoms with E-state index in [1.807, 2.05) is 6.07 Å². The Morgan fingerprint density at radius 1 is 1.05 bits per heavy atom. The van der Waals surface area contributed by atoms with Crippen LogP contribution in [0.1, 0.15) is 49.3 Å². The molecule has 1 N–H and O–H groups in total. The second-order valence-corrected chi connectivity index (χ2v) is 7.70. The monoisotopic (exact) mass is 286 g/mol. The molecule has 1 aromatic carbocycles. The summed E-state index contributed by atoms with van der Waals surface area (Å²) in [5, 5.41) is 11.1. The maximum atomic E-state index is 11.1. The molecule has 4 saturated carbocycles. The lowest BCUT2D eigenvalue weighted by atomic mass is 9.50. The zero-order valence-electron chi connectivity index (χ0n) is 13.1. The molecule has 4 fully saturated rings. The lowest BCUT2D eigenvalue weighted by molar-refractivity contribution is -0.0912. The van der Waals surface area contributed by atoms with E-state index in [4.69, 9.17) is 4.74 Å². The second kappa shape index (κ2) is 5.01. The first-order valence-electron chi connectivity index (χ1n) is 8.48. The second-order valence-electron chi connectivity index (χ2n) is 7.70. The van der Waals surface area contributed by atoms with Gasteiger partial charge in [0.2, 0.25) is 0 Å². The average molecular weight is 286 g/mol. The first kappa shape index (κ1) is 13.6. The van der Waals surface area contributed by atoms with Gasteiger partial charge in [0, 0.05) is 5.56 Å². The zero-order valence-corrected chi connectivity index (χ0v) is 13.1. The topological polar surface area (TPSA) is 29.5 Å². The molecule has 0 heterocycles. The molecule has 0 radical (unpaired) electrons. The van der Waals surface area contributed by atoms with Crippen LogP contribution in [0.3, 0.4) is 0 Å². The molecule has 0 aromatic heterocycles. The van der Waals surface area contributed by atoms with Crippen molar-refractivity contribution in [2.24, 2.45) is 29.6 Å². The molecule has 1 unspecified atom stereocenters. The van der Waals surface area contributed by atoms with E-state index in [9.17, 15) is 5.11 Å². The number of hydrogen-bond donors (Lipinski definition) is 1. The van der Waals surface area contributed by atoms with Crippen molar-refractivity contribution in [1.29, 1.82) is 0 Å². The zero-order chi connectivity index (χ0) is 14.6. The Balaban J connectivity index is 1.66. The summed E-state index contributed by atoms with van der Waals surface area (Å²) in [6.07, 6.45) is 6.51. The van der Waals surface area contributed by atoms with Crippen LogP contribution in [0.25, 0.3) is 0 Å². The van der Waals surface area contributed by atoms with Crippen LogP contribution < -0.4 is 4.74 Å². The molecule has 114 valence electrons. The van der Waals surface area contributed by atoms with Crippen molar-refractivity contribution in [3.05, 3.63) is 29.3 Å². The number of aliphatic hydroxyl groups excluding tert-OH is 1. The number of methoxy groups -OCH3 is 1. The van der Waals surface area contributed by atoms with E-state index in [-0.39, 0.29) is 6.10 Å². The lowest BCUT2D eigenvalue weighted by Crippen LogP contribution is -2.47. The van der Waals surface area contributed by atoms with E-state index >= 15 is 0 Å². The molecule has 2 nitrogen and oxygen atoms in total. The summed E-state index contributed by atoms with van der Waals surface area (Å²) in [7, 11) is 1.71. The van der Waals surface area contributed by atoms with Crippen LogP contribution in [-0.4, -0.2) is 12.2 Å². The SMILES string of the molecule is COc1ccc(C)cc1C(O)C1C2CC3CC(C2)CC1C3. The predicted molar refractivity (Wildman–Crippen MR) is 83.2 cm³/mol. The van der Waals surface area contributed by atoms with Gasteiger partial charge in [-0.05, 0) is 80.8 Å². The molecule has 4 aliphatic carbocycles. The van der Waals surface area contributed by atoms with Crippen molar-refractivity contribution in [2.45, 2.75) is 45.1 Å². The van der Waals surface area contributed by atoms with Crippen LogP contribution in [0.15, 0.2) is 18.2 Å². The summed E-state index contributed by atoms with van der Waals surface area (Å²) < 4.78 is 5.50. The maximum Gasteiger partial charge on any atom is 0.124 e. The Bertz CT molecular complexity index is 508. The first-order chi connectivity index (χ1) is 10.2. The molecule has 1 aromatic rings. The molecule has 5 rings (SSSR count). The van der Waals surface area contributed by atoms with Crippen LogP contribution >= 0.6 is 0 Å². The number of rotatable bonds is 3. The summed E-state index contributed by atoms with van der Waals surface area (Å²) in [4.78, 5) is 0. The minimum absolute atomic E-state index is 0.352. The summed E-state index contributed by atoms with van der Waals surface area (Å²) in [6.45, 7) is 2.09. The van der Waals surface area contributed by atoms with Gasteiger partial charge in [-0.25, -0.2) is 0 Å². The molecule has 4 aliphatic rings. The van der Waals surface area contributed by atoms with Crippen LogP contribution in [0, 0.1) is 36.5 Å². The van der Waals surface area contributed by atoms with Crippen molar-refractivity contribution in [3.8, 4) is 5.75 Å². The smallest absolute Gasteiger partial charge is 0.124 e. The van der Waals surface area contributed by atoms with Crippen molar-refractivity contribution in [1.82, 2.24) is 0 Å². The van der Waals surface area contributed by atoms with Gasteiger partial charge < -0.3 is 9.84 Å². The van der Waals surface area contributed by atoms with Crippen LogP contribution in [-0.2, 0) is 0 Å². The summed E-state index contributed by atoms with van der Waals surface area (Å²) in [6, 6.07) is 6.18. The summed E-state index contributed by atoms with van der Waals surface area (Å²) in [5.41, 5.74) is 2.21. The van der Waals surface area contributed by atoms with E-state index in [1.54, 1.807) is 7.11 Å². The largest absolute Gasteiger partial charge is 0.496 e. The number of aliphatic hydroxyl groups is 1. The Hall–Kier alpha value is -1.02. The Morgan fingerprint density at radius 3 is 2.24 bits per heavy atom. The lowest BCUT2D eigenvalue weighted by Gasteiger charge is -2.55. The summed E-state index contributed by atoms with van der Waals surface area (Å²) >= 11 is 0. The van der Waals surface area contributed by atoms with Gasteiger partial charge in [0.1, 0.15) is 5.75 Å². The van der Waals surface area contributed by atoms with E-state index in [2.05, 4.69) is 19.1 Å². The van der Waals surface area contributed by atoms with Gasteiger partial charge in [-0.2, -0.15) is 0 Å². The van der Waals surface area contributed by atoms with Gasteiger partial charge in [-0.3, -0.25) is 0 Å². The quantitative estimate of drug-likeness (QED) is 0.906. The molecule has 21 heavy (non-hydrogen) atoms. The molecule has 0 saturated heterocycles. The highest BCUT2D eigenvalue weighted by molar-refractivity contribution is 5.39. The van der Waals surface area contributed by atoms with Crippen molar-refractivity contribution >= 4 is 0 Å². The van der Waals surface area contributed by atoms with Crippen LogP contribution in [0.2, 0.25) is 0 Å². The molecular formula is C19H26O2. The minimum atomic E-state index is -0.352. The number of aryl methyl sites for hydroxylation is 1. The molecule has 2 heteroatoms. The van der Waals surface area contributed by atoms with Crippen LogP contribution in [0.5, 0.6) is 5.75 Å². The molecule has 4 bridgehead atoms. The highest BCUT2D eigenvalue weighted by Crippen LogP contribution is 2.59.